The lowest BCUT2D eigenvalue weighted by molar-refractivity contribution is -0.682. The molecule has 1 atom stereocenters. The van der Waals surface area contributed by atoms with Crippen molar-refractivity contribution >= 4 is 23.2 Å². The molecule has 0 aliphatic carbocycles. The van der Waals surface area contributed by atoms with Gasteiger partial charge in [-0.3, -0.25) is 4.79 Å². The van der Waals surface area contributed by atoms with Crippen molar-refractivity contribution in [2.75, 3.05) is 11.9 Å². The van der Waals surface area contributed by atoms with E-state index >= 15 is 0 Å². The molecule has 22 heavy (non-hydrogen) atoms. The van der Waals surface area contributed by atoms with Crippen molar-refractivity contribution in [3.63, 3.8) is 0 Å². The summed E-state index contributed by atoms with van der Waals surface area (Å²) in [5, 5.41) is 5.70. The number of quaternary nitrogens is 1. The lowest BCUT2D eigenvalue weighted by atomic mass is 10.1. The highest BCUT2D eigenvalue weighted by Gasteiger charge is 2.12. The average molecular weight is 318 g/mol. The van der Waals surface area contributed by atoms with Crippen LogP contribution in [-0.2, 0) is 4.79 Å². The smallest absolute Gasteiger partial charge is 0.279 e. The van der Waals surface area contributed by atoms with Crippen LogP contribution >= 0.6 is 11.6 Å². The minimum Gasteiger partial charge on any atom is -0.333 e. The van der Waals surface area contributed by atoms with Crippen LogP contribution in [0.2, 0.25) is 5.02 Å². The highest BCUT2D eigenvalue weighted by Crippen LogP contribution is 2.16. The summed E-state index contributed by atoms with van der Waals surface area (Å²) in [5.74, 6) is 0.00719. The topological polar surface area (TPSA) is 45.7 Å². The molecular weight excluding hydrogens is 296 g/mol. The summed E-state index contributed by atoms with van der Waals surface area (Å²) >= 11 is 5.89. The lowest BCUT2D eigenvalue weighted by Gasteiger charge is -2.12. The zero-order chi connectivity index (χ0) is 16.1. The van der Waals surface area contributed by atoms with Gasteiger partial charge in [-0.05, 0) is 44.5 Å². The van der Waals surface area contributed by atoms with Crippen LogP contribution in [0.4, 0.5) is 5.69 Å². The number of aryl methyl sites for hydroxylation is 2. The molecule has 0 heterocycles. The second-order valence-electron chi connectivity index (χ2n) is 5.65. The normalized spacial score (nSPS) is 12.0. The molecule has 2 rings (SSSR count). The van der Waals surface area contributed by atoms with Gasteiger partial charge < -0.3 is 10.6 Å². The first-order chi connectivity index (χ1) is 10.5. The summed E-state index contributed by atoms with van der Waals surface area (Å²) in [7, 11) is 0. The van der Waals surface area contributed by atoms with E-state index in [-0.39, 0.29) is 11.9 Å². The van der Waals surface area contributed by atoms with E-state index < -0.39 is 0 Å². The second-order valence-corrected chi connectivity index (χ2v) is 6.08. The molecule has 3 nitrogen and oxygen atoms in total. The minimum atomic E-state index is 0.00719. The summed E-state index contributed by atoms with van der Waals surface area (Å²) in [6.07, 6.45) is 0. The van der Waals surface area contributed by atoms with Gasteiger partial charge in [-0.1, -0.05) is 41.4 Å². The first-order valence-corrected chi connectivity index (χ1v) is 7.79. The molecule has 0 aliphatic heterocycles. The number of nitrogens with two attached hydrogens (primary N) is 1. The van der Waals surface area contributed by atoms with E-state index in [2.05, 4.69) is 18.3 Å². The molecule has 2 aromatic carbocycles. The Hall–Kier alpha value is -1.84. The monoisotopic (exact) mass is 317 g/mol. The van der Waals surface area contributed by atoms with Crippen LogP contribution in [-0.4, -0.2) is 12.5 Å². The third-order valence-corrected chi connectivity index (χ3v) is 3.96. The van der Waals surface area contributed by atoms with Gasteiger partial charge in [0, 0.05) is 16.3 Å². The largest absolute Gasteiger partial charge is 0.333 e. The third kappa shape index (κ3) is 4.58. The molecule has 1 amide bonds. The molecule has 0 radical (unpaired) electrons. The number of nitrogens with one attached hydrogen (secondary N) is 1. The Balaban J connectivity index is 1.88. The van der Waals surface area contributed by atoms with Crippen LogP contribution in [0.3, 0.4) is 0 Å². The second kappa shape index (κ2) is 7.43. The Bertz CT molecular complexity index is 653. The summed E-state index contributed by atoms with van der Waals surface area (Å²) in [5.41, 5.74) is 4.31. The van der Waals surface area contributed by atoms with E-state index in [1.54, 1.807) is 0 Å². The standard InChI is InChI=1S/C18H21ClN2O/c1-12-4-9-17(13(2)10-12)21-18(22)11-20-14(3)15-5-7-16(19)8-6-15/h4-10,14,20H,11H2,1-3H3,(H,21,22)/p+1/t14-/m0/s1. The molecule has 116 valence electrons. The molecule has 0 aliphatic rings. The summed E-state index contributed by atoms with van der Waals surface area (Å²) in [4.78, 5) is 12.1. The quantitative estimate of drug-likeness (QED) is 0.874. The van der Waals surface area contributed by atoms with Crippen molar-refractivity contribution in [3.05, 3.63) is 64.2 Å². The van der Waals surface area contributed by atoms with Crippen molar-refractivity contribution in [3.8, 4) is 0 Å². The van der Waals surface area contributed by atoms with E-state index in [1.165, 1.54) is 5.56 Å². The molecular formula is C18H22ClN2O+. The molecule has 0 bridgehead atoms. The summed E-state index contributed by atoms with van der Waals surface area (Å²) in [6, 6.07) is 14.0. The Labute approximate surface area is 136 Å². The summed E-state index contributed by atoms with van der Waals surface area (Å²) < 4.78 is 0. The first-order valence-electron chi connectivity index (χ1n) is 7.41. The molecule has 4 heteroatoms. The fourth-order valence-electron chi connectivity index (χ4n) is 2.34. The van der Waals surface area contributed by atoms with Gasteiger partial charge in [0.2, 0.25) is 0 Å². The molecule has 0 saturated carbocycles. The summed E-state index contributed by atoms with van der Waals surface area (Å²) in [6.45, 7) is 6.51. The van der Waals surface area contributed by atoms with Crippen molar-refractivity contribution in [2.24, 2.45) is 0 Å². The fourth-order valence-corrected chi connectivity index (χ4v) is 2.47. The molecule has 3 N–H and O–H groups in total. The van der Waals surface area contributed by atoms with Crippen LogP contribution in [0.15, 0.2) is 42.5 Å². The Kier molecular flexibility index (Phi) is 5.58. The van der Waals surface area contributed by atoms with E-state index in [0.29, 0.717) is 6.54 Å². The SMILES string of the molecule is Cc1ccc(NC(=O)C[NH2+][C@@H](C)c2ccc(Cl)cc2)c(C)c1. The van der Waals surface area contributed by atoms with Crippen molar-refractivity contribution in [1.82, 2.24) is 0 Å². The number of halogens is 1. The number of anilines is 1. The van der Waals surface area contributed by atoms with Crippen LogP contribution in [0.1, 0.15) is 29.7 Å². The predicted molar refractivity (Wildman–Crippen MR) is 91.2 cm³/mol. The number of hydrogen-bond donors (Lipinski definition) is 2. The van der Waals surface area contributed by atoms with Gasteiger partial charge in [-0.2, -0.15) is 0 Å². The van der Waals surface area contributed by atoms with Crippen LogP contribution in [0.5, 0.6) is 0 Å². The number of rotatable bonds is 5. The Morgan fingerprint density at radius 2 is 1.86 bits per heavy atom. The van der Waals surface area contributed by atoms with Crippen molar-refractivity contribution in [1.29, 1.82) is 0 Å². The maximum absolute atomic E-state index is 12.1. The maximum Gasteiger partial charge on any atom is 0.279 e. The molecule has 0 unspecified atom stereocenters. The zero-order valence-corrected chi connectivity index (χ0v) is 13.9. The Morgan fingerprint density at radius 1 is 1.18 bits per heavy atom. The van der Waals surface area contributed by atoms with Crippen molar-refractivity contribution < 1.29 is 10.1 Å². The zero-order valence-electron chi connectivity index (χ0n) is 13.2. The predicted octanol–water partition coefficient (Wildman–Crippen LogP) is 3.22. The van der Waals surface area contributed by atoms with Crippen molar-refractivity contribution in [2.45, 2.75) is 26.8 Å². The highest BCUT2D eigenvalue weighted by molar-refractivity contribution is 6.30. The van der Waals surface area contributed by atoms with Crippen LogP contribution in [0, 0.1) is 13.8 Å². The van der Waals surface area contributed by atoms with Crippen LogP contribution < -0.4 is 10.6 Å². The van der Waals surface area contributed by atoms with Gasteiger partial charge in [0.1, 0.15) is 6.04 Å². The molecule has 0 aromatic heterocycles. The Morgan fingerprint density at radius 3 is 2.50 bits per heavy atom. The molecule has 0 fully saturated rings. The van der Waals surface area contributed by atoms with Gasteiger partial charge in [-0.15, -0.1) is 0 Å². The van der Waals surface area contributed by atoms with Gasteiger partial charge in [0.15, 0.2) is 6.54 Å². The maximum atomic E-state index is 12.1. The van der Waals surface area contributed by atoms with E-state index in [4.69, 9.17) is 11.6 Å². The highest BCUT2D eigenvalue weighted by atomic mass is 35.5. The number of carbonyl (C=O) groups excluding carboxylic acids is 1. The average Bonchev–Trinajstić information content (AvgIpc) is 2.48. The van der Waals surface area contributed by atoms with Gasteiger partial charge in [0.05, 0.1) is 0 Å². The number of carbonyl (C=O) groups is 1. The molecule has 0 spiro atoms. The number of amides is 1. The third-order valence-electron chi connectivity index (χ3n) is 3.71. The first kappa shape index (κ1) is 16.5. The lowest BCUT2D eigenvalue weighted by Crippen LogP contribution is -2.86. The van der Waals surface area contributed by atoms with E-state index in [0.717, 1.165) is 21.8 Å². The van der Waals surface area contributed by atoms with E-state index in [9.17, 15) is 4.79 Å². The van der Waals surface area contributed by atoms with E-state index in [1.807, 2.05) is 55.6 Å². The van der Waals surface area contributed by atoms with Gasteiger partial charge in [0.25, 0.3) is 5.91 Å². The molecule has 0 saturated heterocycles. The van der Waals surface area contributed by atoms with Crippen LogP contribution in [0.25, 0.3) is 0 Å². The van der Waals surface area contributed by atoms with Gasteiger partial charge in [-0.25, -0.2) is 0 Å². The number of benzene rings is 2. The minimum absolute atomic E-state index is 0.00719. The number of hydrogen-bond acceptors (Lipinski definition) is 1. The fraction of sp³-hybridized carbons (Fsp3) is 0.278. The van der Waals surface area contributed by atoms with Gasteiger partial charge >= 0.3 is 0 Å². The molecule has 2 aromatic rings.